The van der Waals surface area contributed by atoms with Gasteiger partial charge in [0.25, 0.3) is 0 Å². The summed E-state index contributed by atoms with van der Waals surface area (Å²) in [5, 5.41) is 7.76. The van der Waals surface area contributed by atoms with E-state index in [0.29, 0.717) is 0 Å². The minimum absolute atomic E-state index is 1.20. The zero-order valence-electron chi connectivity index (χ0n) is 6.53. The van der Waals surface area contributed by atoms with E-state index in [-0.39, 0.29) is 0 Å². The molecule has 0 bridgehead atoms. The van der Waals surface area contributed by atoms with Crippen molar-refractivity contribution in [3.63, 3.8) is 0 Å². The number of hydrogen-bond acceptors (Lipinski definition) is 2. The normalized spacial score (nSPS) is 20.4. The lowest BCUT2D eigenvalue weighted by molar-refractivity contribution is 0.460. The predicted octanol–water partition coefficient (Wildman–Crippen LogP) is 1.62. The molecule has 0 spiro atoms. The quantitative estimate of drug-likeness (QED) is 0.609. The minimum Gasteiger partial charge on any atom is -0.244 e. The first-order valence-corrected chi connectivity index (χ1v) is 4.18. The SMILES string of the molecule is c1cn([C]2CCCCC2)nn1. The van der Waals surface area contributed by atoms with Crippen LogP contribution >= 0.6 is 0 Å². The maximum atomic E-state index is 3.97. The van der Waals surface area contributed by atoms with Crippen LogP contribution in [0.4, 0.5) is 0 Å². The molecule has 1 aliphatic rings. The molecule has 59 valence electrons. The fraction of sp³-hybridized carbons (Fsp3) is 0.625. The monoisotopic (exact) mass is 150 g/mol. The standard InChI is InChI=1S/C8H12N3/c1-2-4-8(5-3-1)11-7-6-9-10-11/h6-7H,1-5H2. The number of aromatic nitrogens is 3. The van der Waals surface area contributed by atoms with Crippen molar-refractivity contribution in [2.75, 3.05) is 0 Å². The first kappa shape index (κ1) is 6.83. The molecule has 1 radical (unpaired) electrons. The summed E-state index contributed by atoms with van der Waals surface area (Å²) in [5.74, 6) is 0. The fourth-order valence-corrected chi connectivity index (χ4v) is 1.57. The van der Waals surface area contributed by atoms with Gasteiger partial charge in [0.15, 0.2) is 0 Å². The highest BCUT2D eigenvalue weighted by atomic mass is 15.4. The molecule has 1 fully saturated rings. The Hall–Kier alpha value is -0.860. The molecule has 3 heteroatoms. The van der Waals surface area contributed by atoms with Crippen LogP contribution in [0.25, 0.3) is 0 Å². The van der Waals surface area contributed by atoms with E-state index in [0.717, 1.165) is 0 Å². The summed E-state index contributed by atoms with van der Waals surface area (Å²) in [6, 6.07) is 1.42. The van der Waals surface area contributed by atoms with Crippen LogP contribution in [0, 0.1) is 6.04 Å². The van der Waals surface area contributed by atoms with E-state index in [2.05, 4.69) is 10.3 Å². The lowest BCUT2D eigenvalue weighted by Crippen LogP contribution is -2.14. The van der Waals surface area contributed by atoms with Crippen molar-refractivity contribution in [1.82, 2.24) is 15.0 Å². The average Bonchev–Trinajstić information content (AvgIpc) is 2.58. The summed E-state index contributed by atoms with van der Waals surface area (Å²) in [4.78, 5) is 0. The van der Waals surface area contributed by atoms with Gasteiger partial charge in [-0.25, -0.2) is 4.68 Å². The zero-order valence-corrected chi connectivity index (χ0v) is 6.53. The van der Waals surface area contributed by atoms with Crippen molar-refractivity contribution < 1.29 is 0 Å². The second kappa shape index (κ2) is 3.03. The van der Waals surface area contributed by atoms with E-state index in [1.165, 1.54) is 38.1 Å². The Labute approximate surface area is 66.4 Å². The summed E-state index contributed by atoms with van der Waals surface area (Å²) < 4.78 is 1.92. The third-order valence-corrected chi connectivity index (χ3v) is 2.18. The van der Waals surface area contributed by atoms with Gasteiger partial charge in [-0.15, -0.1) is 5.10 Å². The van der Waals surface area contributed by atoms with Crippen LogP contribution in [-0.4, -0.2) is 15.0 Å². The third-order valence-electron chi connectivity index (χ3n) is 2.18. The maximum absolute atomic E-state index is 3.97. The smallest absolute Gasteiger partial charge is 0.0896 e. The molecular formula is C8H12N3. The second-order valence-electron chi connectivity index (χ2n) is 2.97. The van der Waals surface area contributed by atoms with Crippen molar-refractivity contribution in [3.8, 4) is 0 Å². The Morgan fingerprint density at radius 1 is 1.18 bits per heavy atom. The Morgan fingerprint density at radius 3 is 2.64 bits per heavy atom. The van der Waals surface area contributed by atoms with Gasteiger partial charge >= 0.3 is 0 Å². The van der Waals surface area contributed by atoms with Gasteiger partial charge in [-0.05, 0) is 12.8 Å². The van der Waals surface area contributed by atoms with Gasteiger partial charge in [0.1, 0.15) is 0 Å². The fourth-order valence-electron chi connectivity index (χ4n) is 1.57. The molecular weight excluding hydrogens is 138 g/mol. The third kappa shape index (κ3) is 1.42. The molecule has 0 aromatic carbocycles. The number of hydrogen-bond donors (Lipinski definition) is 0. The van der Waals surface area contributed by atoms with E-state index in [1.54, 1.807) is 6.20 Å². The Balaban J connectivity index is 2.04. The van der Waals surface area contributed by atoms with Crippen molar-refractivity contribution in [3.05, 3.63) is 18.4 Å². The molecule has 0 unspecified atom stereocenters. The summed E-state index contributed by atoms with van der Waals surface area (Å²) in [5.41, 5.74) is 0. The second-order valence-corrected chi connectivity index (χ2v) is 2.97. The lowest BCUT2D eigenvalue weighted by atomic mass is 9.96. The summed E-state index contributed by atoms with van der Waals surface area (Å²) in [6.07, 6.45) is 10.1. The van der Waals surface area contributed by atoms with Crippen molar-refractivity contribution in [2.24, 2.45) is 0 Å². The Morgan fingerprint density at radius 2 is 2.00 bits per heavy atom. The minimum atomic E-state index is 1.20. The average molecular weight is 150 g/mol. The predicted molar refractivity (Wildman–Crippen MR) is 41.7 cm³/mol. The summed E-state index contributed by atoms with van der Waals surface area (Å²) in [6.45, 7) is 0. The number of nitrogens with zero attached hydrogens (tertiary/aromatic N) is 3. The van der Waals surface area contributed by atoms with Crippen LogP contribution in [0.2, 0.25) is 0 Å². The maximum Gasteiger partial charge on any atom is 0.0896 e. The highest BCUT2D eigenvalue weighted by Crippen LogP contribution is 2.25. The van der Waals surface area contributed by atoms with Gasteiger partial charge in [0.2, 0.25) is 0 Å². The molecule has 1 aromatic heterocycles. The van der Waals surface area contributed by atoms with Crippen LogP contribution in [-0.2, 0) is 0 Å². The van der Waals surface area contributed by atoms with Crippen LogP contribution in [0.15, 0.2) is 12.4 Å². The van der Waals surface area contributed by atoms with Gasteiger partial charge in [-0.3, -0.25) is 0 Å². The van der Waals surface area contributed by atoms with Gasteiger partial charge in [-0.2, -0.15) is 0 Å². The largest absolute Gasteiger partial charge is 0.244 e. The molecule has 0 N–H and O–H groups in total. The summed E-state index contributed by atoms with van der Waals surface area (Å²) in [7, 11) is 0. The van der Waals surface area contributed by atoms with E-state index < -0.39 is 0 Å². The molecule has 1 saturated carbocycles. The first-order valence-electron chi connectivity index (χ1n) is 4.18. The molecule has 1 heterocycles. The zero-order chi connectivity index (χ0) is 7.52. The molecule has 11 heavy (non-hydrogen) atoms. The van der Waals surface area contributed by atoms with E-state index in [9.17, 15) is 0 Å². The molecule has 2 rings (SSSR count). The number of rotatable bonds is 1. The lowest BCUT2D eigenvalue weighted by Gasteiger charge is -2.19. The van der Waals surface area contributed by atoms with Gasteiger partial charge < -0.3 is 0 Å². The van der Waals surface area contributed by atoms with Crippen molar-refractivity contribution >= 4 is 0 Å². The van der Waals surface area contributed by atoms with Crippen molar-refractivity contribution in [1.29, 1.82) is 0 Å². The van der Waals surface area contributed by atoms with Gasteiger partial charge in [-0.1, -0.05) is 24.5 Å². The molecule has 1 aliphatic carbocycles. The van der Waals surface area contributed by atoms with Crippen LogP contribution < -0.4 is 0 Å². The van der Waals surface area contributed by atoms with E-state index >= 15 is 0 Å². The van der Waals surface area contributed by atoms with Gasteiger partial charge in [0, 0.05) is 6.20 Å². The van der Waals surface area contributed by atoms with Gasteiger partial charge in [0.05, 0.1) is 12.2 Å². The molecule has 0 aliphatic heterocycles. The molecule has 0 saturated heterocycles. The van der Waals surface area contributed by atoms with Crippen LogP contribution in [0.3, 0.4) is 0 Å². The van der Waals surface area contributed by atoms with Crippen LogP contribution in [0.1, 0.15) is 32.1 Å². The topological polar surface area (TPSA) is 30.7 Å². The summed E-state index contributed by atoms with van der Waals surface area (Å²) >= 11 is 0. The molecule has 1 aromatic rings. The highest BCUT2D eigenvalue weighted by Gasteiger charge is 2.15. The Kier molecular flexibility index (Phi) is 1.88. The molecule has 0 amide bonds. The van der Waals surface area contributed by atoms with E-state index in [1.807, 2.05) is 10.9 Å². The molecule has 3 nitrogen and oxygen atoms in total. The van der Waals surface area contributed by atoms with Crippen molar-refractivity contribution in [2.45, 2.75) is 32.1 Å². The van der Waals surface area contributed by atoms with E-state index in [4.69, 9.17) is 0 Å². The highest BCUT2D eigenvalue weighted by molar-refractivity contribution is 4.93. The van der Waals surface area contributed by atoms with Crippen LogP contribution in [0.5, 0.6) is 0 Å². The first-order chi connectivity index (χ1) is 5.47. The molecule has 0 atom stereocenters. The Bertz CT molecular complexity index is 199.